The number of phosphoric acid groups is 3. The molecule has 2 aromatic rings. The highest BCUT2D eigenvalue weighted by atomic mass is 31.3. The lowest BCUT2D eigenvalue weighted by atomic mass is 9.99. The van der Waals surface area contributed by atoms with Gasteiger partial charge < -0.3 is 44.2 Å². The number of aliphatic hydroxyl groups excluding tert-OH is 1. The third kappa shape index (κ3) is 5.80. The van der Waals surface area contributed by atoms with Gasteiger partial charge in [-0.25, -0.2) is 13.2 Å². The first kappa shape index (κ1) is 26.2. The molecule has 0 aromatic carbocycles. The number of hydrogen-bond acceptors (Lipinski definition) is 13. The number of hydrogen-bond donors (Lipinski definition) is 5. The van der Waals surface area contributed by atoms with Gasteiger partial charge in [-0.2, -0.15) is 4.98 Å². The van der Waals surface area contributed by atoms with Gasteiger partial charge in [-0.3, -0.25) is 18.9 Å². The fourth-order valence-corrected chi connectivity index (χ4v) is 6.39. The molecule has 186 valence electrons. The third-order valence-electron chi connectivity index (χ3n) is 4.73. The normalized spacial score (nSPS) is 29.7. The van der Waals surface area contributed by atoms with E-state index >= 15 is 0 Å². The van der Waals surface area contributed by atoms with Gasteiger partial charge in [0, 0.05) is 12.6 Å². The molecule has 1 aliphatic heterocycles. The second kappa shape index (κ2) is 8.34. The number of anilines is 1. The van der Waals surface area contributed by atoms with Gasteiger partial charge in [0.1, 0.15) is 11.3 Å². The van der Waals surface area contributed by atoms with Crippen LogP contribution in [-0.4, -0.2) is 47.7 Å². The van der Waals surface area contributed by atoms with E-state index < -0.39 is 53.1 Å². The SMILES string of the molecule is C[C@]1(COP(=O)([O-])OP(=O)([O-])OP(=O)(O)O)O[C@@](C)(n2ccc3c(=O)[nH]c(N)nc32)CC1O. The van der Waals surface area contributed by atoms with Gasteiger partial charge in [-0.05, 0) is 19.9 Å². The van der Waals surface area contributed by atoms with Crippen LogP contribution in [0.25, 0.3) is 11.0 Å². The van der Waals surface area contributed by atoms with E-state index in [1.54, 1.807) is 0 Å². The summed E-state index contributed by atoms with van der Waals surface area (Å²) in [7, 11) is -17.4. The molecule has 0 amide bonds. The summed E-state index contributed by atoms with van der Waals surface area (Å²) in [5, 5.41) is 10.7. The summed E-state index contributed by atoms with van der Waals surface area (Å²) in [5.74, 6) is -0.176. The molecule has 5 atom stereocenters. The van der Waals surface area contributed by atoms with Crippen LogP contribution in [0.5, 0.6) is 0 Å². The Morgan fingerprint density at radius 2 is 1.94 bits per heavy atom. The summed E-state index contributed by atoms with van der Waals surface area (Å²) >= 11 is 0. The van der Waals surface area contributed by atoms with Gasteiger partial charge in [0.15, 0.2) is 5.65 Å². The van der Waals surface area contributed by atoms with E-state index in [2.05, 4.69) is 23.1 Å². The van der Waals surface area contributed by atoms with E-state index in [1.807, 2.05) is 0 Å². The molecule has 1 saturated heterocycles. The Hall–Kier alpha value is -1.45. The molecule has 6 N–H and O–H groups in total. The fourth-order valence-electron chi connectivity index (χ4n) is 3.38. The van der Waals surface area contributed by atoms with Gasteiger partial charge in [-0.1, -0.05) is 0 Å². The number of fused-ring (bicyclic) bond motifs is 1. The van der Waals surface area contributed by atoms with Crippen LogP contribution in [0, 0.1) is 0 Å². The third-order valence-corrected chi connectivity index (χ3v) is 8.42. The van der Waals surface area contributed by atoms with Gasteiger partial charge in [0.05, 0.1) is 18.1 Å². The molecule has 0 aliphatic carbocycles. The number of aromatic amines is 1. The number of nitrogen functional groups attached to an aromatic ring is 1. The number of ether oxygens (including phenoxy) is 1. The highest BCUT2D eigenvalue weighted by Crippen LogP contribution is 2.62. The van der Waals surface area contributed by atoms with Crippen molar-refractivity contribution < 1.29 is 56.3 Å². The predicted molar refractivity (Wildman–Crippen MR) is 104 cm³/mol. The van der Waals surface area contributed by atoms with Crippen LogP contribution < -0.4 is 21.1 Å². The topological polar surface area (TPSA) is 272 Å². The van der Waals surface area contributed by atoms with E-state index in [9.17, 15) is 33.4 Å². The average Bonchev–Trinajstić information content (AvgIpc) is 3.10. The number of rotatable bonds is 8. The fraction of sp³-hybridized carbons (Fsp3) is 0.538. The second-order valence-corrected chi connectivity index (χ2v) is 11.8. The number of nitrogens with one attached hydrogen (secondary N) is 1. The van der Waals surface area contributed by atoms with Crippen molar-refractivity contribution >= 4 is 40.4 Å². The molecule has 1 fully saturated rings. The Kier molecular flexibility index (Phi) is 6.61. The molecule has 3 heterocycles. The van der Waals surface area contributed by atoms with Crippen molar-refractivity contribution in [2.75, 3.05) is 12.3 Å². The van der Waals surface area contributed by atoms with Gasteiger partial charge in [-0.15, -0.1) is 0 Å². The van der Waals surface area contributed by atoms with Crippen LogP contribution in [-0.2, 0) is 37.3 Å². The molecule has 3 unspecified atom stereocenters. The first-order valence-corrected chi connectivity index (χ1v) is 13.3. The lowest BCUT2D eigenvalue weighted by molar-refractivity contribution is -0.245. The van der Waals surface area contributed by atoms with Crippen molar-refractivity contribution in [1.82, 2.24) is 14.5 Å². The van der Waals surface area contributed by atoms with Crippen molar-refractivity contribution in [2.45, 2.75) is 37.7 Å². The van der Waals surface area contributed by atoms with Crippen LogP contribution >= 0.6 is 23.5 Å². The minimum absolute atomic E-state index is 0.121. The number of nitrogens with two attached hydrogens (primary N) is 1. The molecule has 2 aromatic heterocycles. The van der Waals surface area contributed by atoms with E-state index in [1.165, 1.54) is 30.7 Å². The maximum Gasteiger partial charge on any atom is 0.476 e. The van der Waals surface area contributed by atoms with Crippen molar-refractivity contribution in [3.05, 3.63) is 22.6 Å². The van der Waals surface area contributed by atoms with Gasteiger partial charge >= 0.3 is 7.82 Å². The summed E-state index contributed by atoms with van der Waals surface area (Å²) in [5.41, 5.74) is 2.05. The Balaban J connectivity index is 1.79. The first-order valence-electron chi connectivity index (χ1n) is 8.85. The molecule has 0 spiro atoms. The summed E-state index contributed by atoms with van der Waals surface area (Å²) in [6.07, 6.45) is -0.0683. The minimum Gasteiger partial charge on any atom is -0.756 e. The summed E-state index contributed by atoms with van der Waals surface area (Å²) in [4.78, 5) is 58.6. The maximum absolute atomic E-state index is 12.1. The maximum atomic E-state index is 12.1. The number of aliphatic hydroxyl groups is 1. The smallest absolute Gasteiger partial charge is 0.476 e. The molecule has 3 rings (SSSR count). The molecule has 0 saturated carbocycles. The van der Waals surface area contributed by atoms with Gasteiger partial charge in [0.2, 0.25) is 5.95 Å². The van der Waals surface area contributed by atoms with Crippen LogP contribution in [0.3, 0.4) is 0 Å². The zero-order chi connectivity index (χ0) is 25.0. The Bertz CT molecular complexity index is 1270. The van der Waals surface area contributed by atoms with Crippen LogP contribution in [0.1, 0.15) is 20.3 Å². The van der Waals surface area contributed by atoms with Crippen molar-refractivity contribution in [3.63, 3.8) is 0 Å². The lowest BCUT2D eigenvalue weighted by Gasteiger charge is -2.35. The highest BCUT2D eigenvalue weighted by molar-refractivity contribution is 7.65. The summed E-state index contributed by atoms with van der Waals surface area (Å²) in [6, 6.07) is 1.43. The first-order chi connectivity index (χ1) is 14.8. The summed E-state index contributed by atoms with van der Waals surface area (Å²) in [6.45, 7) is 1.80. The number of phosphoric ester groups is 1. The van der Waals surface area contributed by atoms with Crippen LogP contribution in [0.15, 0.2) is 17.1 Å². The lowest BCUT2D eigenvalue weighted by Crippen LogP contribution is -2.42. The zero-order valence-electron chi connectivity index (χ0n) is 16.9. The Labute approximate surface area is 184 Å². The molecule has 20 heteroatoms. The minimum atomic E-state index is -6.01. The van der Waals surface area contributed by atoms with Crippen molar-refractivity contribution in [3.8, 4) is 0 Å². The van der Waals surface area contributed by atoms with Crippen molar-refractivity contribution in [1.29, 1.82) is 0 Å². The van der Waals surface area contributed by atoms with Crippen LogP contribution in [0.2, 0.25) is 0 Å². The molecular weight excluding hydrogens is 513 g/mol. The molecular formula is C13H19N4O13P3-2. The quantitative estimate of drug-likeness (QED) is 0.245. The highest BCUT2D eigenvalue weighted by Gasteiger charge is 2.53. The monoisotopic (exact) mass is 532 g/mol. The zero-order valence-corrected chi connectivity index (χ0v) is 19.6. The standard InChI is InChI=1S/C13H21N4O13P3/c1-12(6-27-32(23,24)30-33(25,26)29-31(20,21)22)8(18)5-13(2,28-12)17-4-3-7-9(17)15-11(14)16-10(7)19/h3-4,8,18H,5-6H2,1-2H3,(H,23,24)(H,25,26)(H2,20,21,22)(H3,14,15,16,19)/p-2/t8?,12-,13-/m1/s1. The molecule has 0 bridgehead atoms. The number of aromatic nitrogens is 3. The van der Waals surface area contributed by atoms with Crippen molar-refractivity contribution in [2.24, 2.45) is 0 Å². The second-order valence-electron chi connectivity index (χ2n) is 7.51. The molecule has 17 nitrogen and oxygen atoms in total. The van der Waals surface area contributed by atoms with E-state index in [0.29, 0.717) is 0 Å². The largest absolute Gasteiger partial charge is 0.756 e. The summed E-state index contributed by atoms with van der Waals surface area (Å²) < 4.78 is 52.4. The number of nitrogens with zero attached hydrogens (tertiary/aromatic N) is 2. The van der Waals surface area contributed by atoms with E-state index in [-0.39, 0.29) is 23.4 Å². The Morgan fingerprint density at radius 3 is 2.55 bits per heavy atom. The molecule has 33 heavy (non-hydrogen) atoms. The van der Waals surface area contributed by atoms with E-state index in [0.717, 1.165) is 0 Å². The Morgan fingerprint density at radius 1 is 1.30 bits per heavy atom. The molecule has 1 aliphatic rings. The predicted octanol–water partition coefficient (Wildman–Crippen LogP) is -1.40. The van der Waals surface area contributed by atoms with Crippen LogP contribution in [0.4, 0.5) is 5.95 Å². The van der Waals surface area contributed by atoms with Gasteiger partial charge in [0.25, 0.3) is 21.2 Å². The molecule has 0 radical (unpaired) electrons. The van der Waals surface area contributed by atoms with E-state index in [4.69, 9.17) is 20.3 Å². The number of H-pyrrole nitrogens is 1. The average molecular weight is 532 g/mol.